The van der Waals surface area contributed by atoms with E-state index in [2.05, 4.69) is 47.9 Å². The zero-order valence-electron chi connectivity index (χ0n) is 24.1. The Balaban J connectivity index is 0.000000155. The first-order chi connectivity index (χ1) is 18.3. The largest absolute Gasteiger partial charge is 0.399 e. The van der Waals surface area contributed by atoms with Crippen LogP contribution in [0, 0.1) is 0 Å². The highest BCUT2D eigenvalue weighted by Crippen LogP contribution is 2.39. The van der Waals surface area contributed by atoms with Crippen molar-refractivity contribution in [2.75, 3.05) is 37.6 Å². The summed E-state index contributed by atoms with van der Waals surface area (Å²) in [5, 5.41) is 0. The van der Waals surface area contributed by atoms with Gasteiger partial charge in [0.2, 0.25) is 0 Å². The number of hydrogen-bond acceptors (Lipinski definition) is 4. The molecule has 0 spiro atoms. The van der Waals surface area contributed by atoms with Gasteiger partial charge in [-0.2, -0.15) is 0 Å². The molecule has 0 atom stereocenters. The van der Waals surface area contributed by atoms with Crippen molar-refractivity contribution >= 4 is 11.4 Å². The van der Waals surface area contributed by atoms with Crippen molar-refractivity contribution in [3.63, 3.8) is 0 Å². The zero-order chi connectivity index (χ0) is 26.6. The number of nitrogen functional groups attached to an aromatic ring is 2. The average molecular weight is 517 g/mol. The third kappa shape index (κ3) is 6.39. The predicted octanol–water partition coefficient (Wildman–Crippen LogP) is 7.13. The smallest absolute Gasteiger partial charge is 0.0314 e. The fraction of sp³-hybridized carbons (Fsp3) is 0.647. The Bertz CT molecular complexity index is 902. The van der Waals surface area contributed by atoms with Gasteiger partial charge in [-0.15, -0.1) is 0 Å². The molecule has 0 aromatic heterocycles. The molecule has 38 heavy (non-hydrogen) atoms. The number of piperidine rings is 2. The number of anilines is 2. The summed E-state index contributed by atoms with van der Waals surface area (Å²) in [4.78, 5) is 5.48. The van der Waals surface area contributed by atoms with Gasteiger partial charge in [0.25, 0.3) is 0 Å². The van der Waals surface area contributed by atoms with Gasteiger partial charge in [-0.05, 0) is 124 Å². The van der Waals surface area contributed by atoms with Gasteiger partial charge < -0.3 is 21.3 Å². The Kier molecular flexibility index (Phi) is 8.69. The molecule has 4 aliphatic rings. The van der Waals surface area contributed by atoms with Crippen LogP contribution in [0.5, 0.6) is 0 Å². The van der Waals surface area contributed by atoms with E-state index in [9.17, 15) is 0 Å². The van der Waals surface area contributed by atoms with Gasteiger partial charge in [-0.25, -0.2) is 0 Å². The van der Waals surface area contributed by atoms with E-state index in [4.69, 9.17) is 11.5 Å². The van der Waals surface area contributed by atoms with Crippen LogP contribution in [-0.2, 0) is 10.8 Å². The lowest BCUT2D eigenvalue weighted by atomic mass is 9.74. The number of nitrogens with zero attached hydrogens (tertiary/aromatic N) is 2. The van der Waals surface area contributed by atoms with Crippen molar-refractivity contribution in [2.24, 2.45) is 0 Å². The molecule has 2 saturated heterocycles. The van der Waals surface area contributed by atoms with Gasteiger partial charge in [-0.3, -0.25) is 0 Å². The lowest BCUT2D eigenvalue weighted by Crippen LogP contribution is -2.45. The fourth-order valence-electron chi connectivity index (χ4n) is 7.65. The Morgan fingerprint density at radius 1 is 0.526 bits per heavy atom. The van der Waals surface area contributed by atoms with Crippen LogP contribution in [0.3, 0.4) is 0 Å². The van der Waals surface area contributed by atoms with Gasteiger partial charge in [0.05, 0.1) is 0 Å². The molecule has 2 aromatic rings. The van der Waals surface area contributed by atoms with Crippen LogP contribution >= 0.6 is 0 Å². The number of likely N-dealkylation sites (tertiary alicyclic amines) is 2. The highest BCUT2D eigenvalue weighted by molar-refractivity contribution is 5.42. The van der Waals surface area contributed by atoms with Gasteiger partial charge >= 0.3 is 0 Å². The maximum atomic E-state index is 5.80. The highest BCUT2D eigenvalue weighted by atomic mass is 15.2. The third-order valence-corrected chi connectivity index (χ3v) is 10.7. The molecule has 208 valence electrons. The standard InChI is InChI=1S/2C17H26N2/c2*1-17(14-6-8-15(18)9-7-14)10-12-19(13-11-17)16-4-2-3-5-16/h2*6-9,16H,2-5,10-13,18H2,1H3. The van der Waals surface area contributed by atoms with E-state index in [0.29, 0.717) is 10.8 Å². The van der Waals surface area contributed by atoms with E-state index in [1.165, 1.54) is 114 Å². The summed E-state index contributed by atoms with van der Waals surface area (Å²) < 4.78 is 0. The molecule has 2 saturated carbocycles. The van der Waals surface area contributed by atoms with E-state index in [-0.39, 0.29) is 0 Å². The van der Waals surface area contributed by atoms with Crippen molar-refractivity contribution in [2.45, 2.75) is 114 Å². The Labute approximate surface area is 232 Å². The number of benzene rings is 2. The molecular weight excluding hydrogens is 464 g/mol. The van der Waals surface area contributed by atoms with Crippen molar-refractivity contribution in [3.8, 4) is 0 Å². The lowest BCUT2D eigenvalue weighted by molar-refractivity contribution is 0.123. The second-order valence-corrected chi connectivity index (χ2v) is 13.3. The van der Waals surface area contributed by atoms with Gasteiger partial charge in [0.1, 0.15) is 0 Å². The quantitative estimate of drug-likeness (QED) is 0.424. The average Bonchev–Trinajstić information content (AvgIpc) is 3.66. The molecule has 4 nitrogen and oxygen atoms in total. The number of rotatable bonds is 4. The molecular formula is C34H52N4. The second-order valence-electron chi connectivity index (χ2n) is 13.3. The molecule has 2 aromatic carbocycles. The van der Waals surface area contributed by atoms with Crippen LogP contribution in [0.2, 0.25) is 0 Å². The summed E-state index contributed by atoms with van der Waals surface area (Å²) in [6.45, 7) is 9.92. The third-order valence-electron chi connectivity index (χ3n) is 10.7. The zero-order valence-corrected chi connectivity index (χ0v) is 24.1. The SMILES string of the molecule is CC1(c2ccc(N)cc2)CCN(C2CCCC2)CC1.CC1(c2ccc(N)cc2)CCN(C2CCCC2)CC1. The summed E-state index contributed by atoms with van der Waals surface area (Å²) in [6.07, 6.45) is 16.6. The molecule has 0 amide bonds. The first-order valence-electron chi connectivity index (χ1n) is 15.5. The first kappa shape index (κ1) is 27.5. The van der Waals surface area contributed by atoms with E-state index in [1.807, 2.05) is 24.3 Å². The molecule has 2 aliphatic carbocycles. The minimum Gasteiger partial charge on any atom is -0.399 e. The maximum Gasteiger partial charge on any atom is 0.0314 e. The van der Waals surface area contributed by atoms with E-state index < -0.39 is 0 Å². The summed E-state index contributed by atoms with van der Waals surface area (Å²) in [5.74, 6) is 0. The normalized spacial score (nSPS) is 24.7. The molecule has 4 heteroatoms. The summed E-state index contributed by atoms with van der Waals surface area (Å²) in [6, 6.07) is 18.8. The monoisotopic (exact) mass is 516 g/mol. The van der Waals surface area contributed by atoms with Gasteiger partial charge in [0, 0.05) is 23.5 Å². The topological polar surface area (TPSA) is 58.5 Å². The molecule has 0 unspecified atom stereocenters. The first-order valence-corrected chi connectivity index (χ1v) is 15.5. The Morgan fingerprint density at radius 2 is 0.816 bits per heavy atom. The molecule has 4 N–H and O–H groups in total. The van der Waals surface area contributed by atoms with Crippen molar-refractivity contribution in [1.29, 1.82) is 0 Å². The molecule has 0 radical (unpaired) electrons. The van der Waals surface area contributed by atoms with Crippen molar-refractivity contribution in [1.82, 2.24) is 9.80 Å². The Morgan fingerprint density at radius 3 is 1.11 bits per heavy atom. The fourth-order valence-corrected chi connectivity index (χ4v) is 7.65. The summed E-state index contributed by atoms with van der Waals surface area (Å²) in [7, 11) is 0. The van der Waals surface area contributed by atoms with Crippen LogP contribution in [0.1, 0.15) is 102 Å². The van der Waals surface area contributed by atoms with Crippen LogP contribution in [0.25, 0.3) is 0 Å². The molecule has 4 fully saturated rings. The van der Waals surface area contributed by atoms with E-state index in [0.717, 1.165) is 23.5 Å². The summed E-state index contributed by atoms with van der Waals surface area (Å²) in [5.41, 5.74) is 17.0. The molecule has 2 aliphatic heterocycles. The van der Waals surface area contributed by atoms with Gasteiger partial charge in [-0.1, -0.05) is 63.8 Å². The number of hydrogen-bond donors (Lipinski definition) is 2. The highest BCUT2D eigenvalue weighted by Gasteiger charge is 2.35. The van der Waals surface area contributed by atoms with Crippen molar-refractivity contribution in [3.05, 3.63) is 59.7 Å². The van der Waals surface area contributed by atoms with Crippen LogP contribution in [-0.4, -0.2) is 48.1 Å². The molecule has 2 heterocycles. The predicted molar refractivity (Wildman–Crippen MR) is 163 cm³/mol. The minimum absolute atomic E-state index is 0.350. The van der Waals surface area contributed by atoms with Crippen molar-refractivity contribution < 1.29 is 0 Å². The van der Waals surface area contributed by atoms with Crippen LogP contribution in [0.15, 0.2) is 48.5 Å². The minimum atomic E-state index is 0.350. The van der Waals surface area contributed by atoms with Gasteiger partial charge in [0.15, 0.2) is 0 Å². The lowest BCUT2D eigenvalue weighted by Gasteiger charge is -2.42. The van der Waals surface area contributed by atoms with E-state index in [1.54, 1.807) is 0 Å². The maximum absolute atomic E-state index is 5.80. The number of nitrogens with two attached hydrogens (primary N) is 2. The van der Waals surface area contributed by atoms with Crippen LogP contribution < -0.4 is 11.5 Å². The van der Waals surface area contributed by atoms with E-state index >= 15 is 0 Å². The van der Waals surface area contributed by atoms with Crippen LogP contribution in [0.4, 0.5) is 11.4 Å². The molecule has 6 rings (SSSR count). The Hall–Kier alpha value is -2.04. The summed E-state index contributed by atoms with van der Waals surface area (Å²) >= 11 is 0. The second kappa shape index (κ2) is 12.0. The molecule has 0 bridgehead atoms.